The Balaban J connectivity index is 1.97. The average Bonchev–Trinajstić information content (AvgIpc) is 3.23. The number of hydrogen-bond acceptors (Lipinski definition) is 5. The van der Waals surface area contributed by atoms with Gasteiger partial charge in [0.1, 0.15) is 5.00 Å². The van der Waals surface area contributed by atoms with E-state index in [4.69, 9.17) is 0 Å². The van der Waals surface area contributed by atoms with E-state index in [-0.39, 0.29) is 0 Å². The van der Waals surface area contributed by atoms with Crippen LogP contribution in [-0.2, 0) is 7.05 Å². The smallest absolute Gasteiger partial charge is 0.160 e. The van der Waals surface area contributed by atoms with Crippen molar-refractivity contribution in [1.82, 2.24) is 23.7 Å². The molecule has 0 atom stereocenters. The van der Waals surface area contributed by atoms with E-state index in [9.17, 15) is 0 Å². The van der Waals surface area contributed by atoms with Crippen molar-refractivity contribution in [3.05, 3.63) is 47.2 Å². The van der Waals surface area contributed by atoms with Crippen LogP contribution in [0.5, 0.6) is 0 Å². The van der Waals surface area contributed by atoms with Crippen LogP contribution in [0.25, 0.3) is 23.2 Å². The molecule has 0 saturated heterocycles. The number of halogens is 1. The highest BCUT2D eigenvalue weighted by Gasteiger charge is 2.16. The van der Waals surface area contributed by atoms with Crippen LogP contribution >= 0.6 is 27.5 Å². The molecular formula is C16H17BrN6S. The minimum absolute atomic E-state index is 0.701. The maximum absolute atomic E-state index is 4.53. The molecule has 0 aliphatic rings. The highest BCUT2D eigenvalue weighted by molar-refractivity contribution is 9.10. The highest BCUT2D eigenvalue weighted by atomic mass is 79.9. The zero-order chi connectivity index (χ0) is 17.3. The predicted octanol–water partition coefficient (Wildman–Crippen LogP) is 4.38. The Morgan fingerprint density at radius 1 is 1.42 bits per heavy atom. The van der Waals surface area contributed by atoms with Gasteiger partial charge in [-0.05, 0) is 41.3 Å². The molecular weight excluding hydrogens is 388 g/mol. The number of anilines is 1. The molecule has 0 fully saturated rings. The number of rotatable bonds is 5. The topological polar surface area (TPSA) is 60.6 Å². The van der Waals surface area contributed by atoms with Gasteiger partial charge >= 0.3 is 0 Å². The molecule has 0 saturated carbocycles. The summed E-state index contributed by atoms with van der Waals surface area (Å²) in [6.45, 7) is 8.06. The number of hydrogen-bond donors (Lipinski definition) is 1. The molecule has 24 heavy (non-hydrogen) atoms. The van der Waals surface area contributed by atoms with Crippen molar-refractivity contribution >= 4 is 44.4 Å². The van der Waals surface area contributed by atoms with Crippen molar-refractivity contribution in [3.8, 4) is 11.3 Å². The second kappa shape index (κ2) is 6.74. The average molecular weight is 405 g/mol. The molecule has 0 aliphatic carbocycles. The lowest BCUT2D eigenvalue weighted by atomic mass is 10.3. The number of aryl methyl sites for hydroxylation is 2. The van der Waals surface area contributed by atoms with Crippen molar-refractivity contribution in [2.45, 2.75) is 13.8 Å². The van der Waals surface area contributed by atoms with Gasteiger partial charge in [-0.25, -0.2) is 4.98 Å². The SMILES string of the molecule is C=C(Nc1snc(C)c1Br)c1ncc(-c2cnn(C)c2)n1/C=C\C. The van der Waals surface area contributed by atoms with E-state index in [1.165, 1.54) is 11.5 Å². The first-order valence-electron chi connectivity index (χ1n) is 7.28. The van der Waals surface area contributed by atoms with Gasteiger partial charge in [0.15, 0.2) is 5.82 Å². The Hall–Kier alpha value is -2.19. The summed E-state index contributed by atoms with van der Waals surface area (Å²) in [5.74, 6) is 0.741. The van der Waals surface area contributed by atoms with Crippen LogP contribution in [0.3, 0.4) is 0 Å². The standard InChI is InChI=1S/C16H17BrN6S/c1-5-6-23-13(12-7-19-22(4)9-12)8-18-15(23)11(3)20-16-14(17)10(2)21-24-16/h5-9,20H,3H2,1-2,4H3/b6-5-. The van der Waals surface area contributed by atoms with Gasteiger partial charge in [0.05, 0.1) is 34.0 Å². The molecule has 0 unspecified atom stereocenters. The number of imidazole rings is 1. The molecule has 124 valence electrons. The Kier molecular flexibility index (Phi) is 4.68. The first kappa shape index (κ1) is 16.7. The Bertz CT molecular complexity index is 917. The summed E-state index contributed by atoms with van der Waals surface area (Å²) in [6, 6.07) is 0. The maximum Gasteiger partial charge on any atom is 0.160 e. The lowest BCUT2D eigenvalue weighted by Gasteiger charge is -2.10. The summed E-state index contributed by atoms with van der Waals surface area (Å²) in [5, 5.41) is 8.44. The fourth-order valence-electron chi connectivity index (χ4n) is 2.28. The quantitative estimate of drug-likeness (QED) is 0.684. The summed E-state index contributed by atoms with van der Waals surface area (Å²) >= 11 is 4.92. The van der Waals surface area contributed by atoms with Gasteiger partial charge in [-0.1, -0.05) is 12.7 Å². The first-order chi connectivity index (χ1) is 11.5. The number of aromatic nitrogens is 5. The summed E-state index contributed by atoms with van der Waals surface area (Å²) in [7, 11) is 1.89. The lowest BCUT2D eigenvalue weighted by Crippen LogP contribution is -2.04. The van der Waals surface area contributed by atoms with E-state index >= 15 is 0 Å². The van der Waals surface area contributed by atoms with Gasteiger partial charge in [-0.15, -0.1) is 0 Å². The second-order valence-electron chi connectivity index (χ2n) is 5.24. The molecule has 3 aromatic rings. The third kappa shape index (κ3) is 3.07. The van der Waals surface area contributed by atoms with E-state index in [0.717, 1.165) is 32.2 Å². The molecule has 8 heteroatoms. The largest absolute Gasteiger partial charge is 0.342 e. The van der Waals surface area contributed by atoms with Gasteiger partial charge in [0.25, 0.3) is 0 Å². The third-order valence-corrected chi connectivity index (χ3v) is 5.51. The van der Waals surface area contributed by atoms with Crippen LogP contribution in [-0.4, -0.2) is 23.7 Å². The van der Waals surface area contributed by atoms with Crippen LogP contribution in [0.2, 0.25) is 0 Å². The molecule has 3 rings (SSSR count). The fourth-order valence-corrected chi connectivity index (χ4v) is 3.52. The van der Waals surface area contributed by atoms with Crippen molar-refractivity contribution in [1.29, 1.82) is 0 Å². The number of allylic oxidation sites excluding steroid dienone is 1. The molecule has 1 N–H and O–H groups in total. The highest BCUT2D eigenvalue weighted by Crippen LogP contribution is 2.33. The van der Waals surface area contributed by atoms with Crippen molar-refractivity contribution in [3.63, 3.8) is 0 Å². The van der Waals surface area contributed by atoms with Gasteiger partial charge < -0.3 is 5.32 Å². The van der Waals surface area contributed by atoms with Crippen LogP contribution in [0.1, 0.15) is 18.4 Å². The molecule has 0 aliphatic heterocycles. The van der Waals surface area contributed by atoms with Crippen LogP contribution in [0.15, 0.2) is 35.7 Å². The van der Waals surface area contributed by atoms with Crippen LogP contribution in [0, 0.1) is 6.92 Å². The summed E-state index contributed by atoms with van der Waals surface area (Å²) in [4.78, 5) is 4.53. The molecule has 0 aromatic carbocycles. The van der Waals surface area contributed by atoms with E-state index in [1.807, 2.05) is 56.3 Å². The third-order valence-electron chi connectivity index (χ3n) is 3.42. The Morgan fingerprint density at radius 3 is 2.79 bits per heavy atom. The fraction of sp³-hybridized carbons (Fsp3) is 0.188. The lowest BCUT2D eigenvalue weighted by molar-refractivity contribution is 0.768. The van der Waals surface area contributed by atoms with Gasteiger partial charge in [-0.2, -0.15) is 9.47 Å². The molecule has 0 bridgehead atoms. The van der Waals surface area contributed by atoms with Gasteiger partial charge in [0.2, 0.25) is 0 Å². The van der Waals surface area contributed by atoms with E-state index in [2.05, 4.69) is 42.3 Å². The maximum atomic E-state index is 4.53. The van der Waals surface area contributed by atoms with Crippen molar-refractivity contribution in [2.75, 3.05) is 5.32 Å². The Labute approximate surface area is 152 Å². The van der Waals surface area contributed by atoms with Crippen molar-refractivity contribution in [2.24, 2.45) is 7.05 Å². The predicted molar refractivity (Wildman–Crippen MR) is 103 cm³/mol. The summed E-state index contributed by atoms with van der Waals surface area (Å²) < 4.78 is 9.03. The van der Waals surface area contributed by atoms with Crippen LogP contribution in [0.4, 0.5) is 5.00 Å². The minimum Gasteiger partial charge on any atom is -0.342 e. The summed E-state index contributed by atoms with van der Waals surface area (Å²) in [6.07, 6.45) is 9.53. The second-order valence-corrected chi connectivity index (χ2v) is 6.80. The monoisotopic (exact) mass is 404 g/mol. The van der Waals surface area contributed by atoms with Crippen molar-refractivity contribution < 1.29 is 0 Å². The minimum atomic E-state index is 0.701. The molecule has 0 amide bonds. The van der Waals surface area contributed by atoms with Gasteiger partial charge in [0, 0.05) is 25.0 Å². The molecule has 0 spiro atoms. The zero-order valence-corrected chi connectivity index (χ0v) is 16.0. The first-order valence-corrected chi connectivity index (χ1v) is 8.85. The van der Waals surface area contributed by atoms with Gasteiger partial charge in [-0.3, -0.25) is 9.25 Å². The molecule has 0 radical (unpaired) electrons. The molecule has 3 heterocycles. The number of nitrogens with one attached hydrogen (secondary N) is 1. The van der Waals surface area contributed by atoms with Crippen LogP contribution < -0.4 is 5.32 Å². The zero-order valence-electron chi connectivity index (χ0n) is 13.6. The number of nitrogens with zero attached hydrogens (tertiary/aromatic N) is 5. The van der Waals surface area contributed by atoms with E-state index in [0.29, 0.717) is 5.70 Å². The normalized spacial score (nSPS) is 11.3. The van der Waals surface area contributed by atoms with E-state index < -0.39 is 0 Å². The molecule has 6 nitrogen and oxygen atoms in total. The Morgan fingerprint density at radius 2 is 2.21 bits per heavy atom. The van der Waals surface area contributed by atoms with E-state index in [1.54, 1.807) is 4.68 Å². The molecule has 3 aromatic heterocycles. The summed E-state index contributed by atoms with van der Waals surface area (Å²) in [5.41, 5.74) is 3.60.